The number of nitrogens with two attached hydrogens (primary N) is 1. The Labute approximate surface area is 105 Å². The molecule has 0 atom stereocenters. The lowest BCUT2D eigenvalue weighted by Gasteiger charge is -2.04. The number of nitrogen functional groups attached to an aromatic ring is 1. The zero-order valence-electron chi connectivity index (χ0n) is 9.57. The van der Waals surface area contributed by atoms with E-state index in [4.69, 9.17) is 5.73 Å². The van der Waals surface area contributed by atoms with E-state index in [2.05, 4.69) is 20.5 Å². The van der Waals surface area contributed by atoms with Crippen molar-refractivity contribution in [3.8, 4) is 5.69 Å². The normalized spacial score (nSPS) is 10.7. The lowest BCUT2D eigenvalue weighted by molar-refractivity contribution is 0.832. The lowest BCUT2D eigenvalue weighted by Crippen LogP contribution is -2.20. The van der Waals surface area contributed by atoms with Crippen LogP contribution in [0.25, 0.3) is 16.7 Å². The van der Waals surface area contributed by atoms with Crippen LogP contribution in [-0.4, -0.2) is 20.0 Å². The molecular weight excluding hydrogens is 248 g/mol. The number of nitrogens with zero attached hydrogens (tertiary/aromatic N) is 4. The fourth-order valence-electron chi connectivity index (χ4n) is 1.77. The Bertz CT molecular complexity index is 835. The predicted octanol–water partition coefficient (Wildman–Crippen LogP) is 1.09. The molecule has 2 aromatic heterocycles. The predicted molar refractivity (Wildman–Crippen MR) is 69.4 cm³/mol. The quantitative estimate of drug-likeness (QED) is 0.665. The minimum Gasteiger partial charge on any atom is -0.380 e. The maximum absolute atomic E-state index is 11.9. The van der Waals surface area contributed by atoms with Crippen LogP contribution in [0.4, 0.5) is 11.5 Å². The third-order valence-corrected chi connectivity index (χ3v) is 2.65. The van der Waals surface area contributed by atoms with E-state index < -0.39 is 0 Å². The Morgan fingerprint density at radius 1 is 1.32 bits per heavy atom. The highest BCUT2D eigenvalue weighted by Crippen LogP contribution is 2.17. The Morgan fingerprint density at radius 2 is 2.16 bits per heavy atom. The van der Waals surface area contributed by atoms with Crippen LogP contribution in [0.15, 0.2) is 40.3 Å². The van der Waals surface area contributed by atoms with E-state index in [-0.39, 0.29) is 17.1 Å². The number of fused-ring (bicyclic) bond motifs is 1. The number of aromatic nitrogens is 4. The van der Waals surface area contributed by atoms with Crippen molar-refractivity contribution in [2.75, 3.05) is 5.73 Å². The van der Waals surface area contributed by atoms with E-state index >= 15 is 0 Å². The van der Waals surface area contributed by atoms with Crippen LogP contribution >= 0.6 is 0 Å². The fraction of sp³-hybridized carbons (Fsp3) is 0. The average Bonchev–Trinajstić information content (AvgIpc) is 2.79. The summed E-state index contributed by atoms with van der Waals surface area (Å²) in [5, 5.41) is 13.3. The van der Waals surface area contributed by atoms with Gasteiger partial charge in [-0.25, -0.2) is 0 Å². The van der Waals surface area contributed by atoms with Gasteiger partial charge in [0.1, 0.15) is 5.69 Å². The van der Waals surface area contributed by atoms with Gasteiger partial charge in [0.15, 0.2) is 11.3 Å². The van der Waals surface area contributed by atoms with Crippen molar-refractivity contribution in [1.29, 1.82) is 0 Å². The molecule has 0 unspecified atom stereocenters. The zero-order chi connectivity index (χ0) is 13.4. The molecule has 0 saturated carbocycles. The van der Waals surface area contributed by atoms with E-state index in [9.17, 15) is 9.70 Å². The van der Waals surface area contributed by atoms with Gasteiger partial charge in [-0.3, -0.25) is 9.89 Å². The monoisotopic (exact) mass is 256 g/mol. The Morgan fingerprint density at radius 3 is 2.95 bits per heavy atom. The second kappa shape index (κ2) is 4.02. The van der Waals surface area contributed by atoms with Crippen LogP contribution < -0.4 is 11.3 Å². The summed E-state index contributed by atoms with van der Waals surface area (Å²) in [6.07, 6.45) is 0. The summed E-state index contributed by atoms with van der Waals surface area (Å²) in [6, 6.07) is 7.59. The van der Waals surface area contributed by atoms with Crippen LogP contribution in [0.5, 0.6) is 0 Å². The van der Waals surface area contributed by atoms with Gasteiger partial charge in [-0.05, 0) is 23.4 Å². The molecule has 2 heterocycles. The molecule has 0 amide bonds. The van der Waals surface area contributed by atoms with Crippen molar-refractivity contribution >= 4 is 22.5 Å². The van der Waals surface area contributed by atoms with E-state index in [1.807, 2.05) is 0 Å². The van der Waals surface area contributed by atoms with Gasteiger partial charge in [-0.2, -0.15) is 14.9 Å². The number of hydrogen-bond acceptors (Lipinski definition) is 6. The molecule has 8 nitrogen and oxygen atoms in total. The highest BCUT2D eigenvalue weighted by Gasteiger charge is 2.09. The number of hydrogen-bond donors (Lipinski definition) is 2. The number of anilines is 1. The summed E-state index contributed by atoms with van der Waals surface area (Å²) >= 11 is 0. The van der Waals surface area contributed by atoms with Gasteiger partial charge in [0, 0.05) is 6.07 Å². The first-order chi connectivity index (χ1) is 9.19. The first-order valence-corrected chi connectivity index (χ1v) is 5.37. The molecule has 3 N–H and O–H groups in total. The second-order valence-electron chi connectivity index (χ2n) is 3.88. The minimum absolute atomic E-state index is 0.202. The van der Waals surface area contributed by atoms with Gasteiger partial charge in [-0.1, -0.05) is 6.07 Å². The van der Waals surface area contributed by atoms with Gasteiger partial charge < -0.3 is 5.73 Å². The summed E-state index contributed by atoms with van der Waals surface area (Å²) in [4.78, 5) is 22.5. The Balaban J connectivity index is 2.28. The maximum atomic E-state index is 11.9. The van der Waals surface area contributed by atoms with Crippen molar-refractivity contribution in [3.05, 3.63) is 45.6 Å². The fourth-order valence-corrected chi connectivity index (χ4v) is 1.77. The van der Waals surface area contributed by atoms with Crippen LogP contribution in [0, 0.1) is 4.91 Å². The van der Waals surface area contributed by atoms with Crippen molar-refractivity contribution < 1.29 is 0 Å². The van der Waals surface area contributed by atoms with Gasteiger partial charge in [-0.15, -0.1) is 4.91 Å². The molecule has 0 saturated heterocycles. The molecule has 0 aliphatic carbocycles. The SMILES string of the molecule is Nc1n[nH]c2cc(=O)n(-c3cccc(N=O)c3)nc12. The summed E-state index contributed by atoms with van der Waals surface area (Å²) in [5.74, 6) is 0.202. The number of H-pyrrole nitrogens is 1. The first-order valence-electron chi connectivity index (χ1n) is 5.37. The molecule has 94 valence electrons. The van der Waals surface area contributed by atoms with Gasteiger partial charge in [0.25, 0.3) is 5.56 Å². The smallest absolute Gasteiger partial charge is 0.273 e. The van der Waals surface area contributed by atoms with Crippen LogP contribution in [0.1, 0.15) is 0 Å². The number of nitroso groups, excluding NO2 is 1. The van der Waals surface area contributed by atoms with Crippen molar-refractivity contribution in [1.82, 2.24) is 20.0 Å². The molecule has 3 rings (SSSR count). The first kappa shape index (κ1) is 11.1. The Hall–Kier alpha value is -3.03. The van der Waals surface area contributed by atoms with Crippen LogP contribution in [0.3, 0.4) is 0 Å². The molecule has 8 heteroatoms. The molecule has 19 heavy (non-hydrogen) atoms. The minimum atomic E-state index is -0.362. The standard InChI is InChI=1S/C11H8N6O2/c12-11-10-8(13-14-11)5-9(18)17(15-10)7-3-1-2-6(4-7)16-19/h1-5,13H,(H2,12,14). The summed E-state index contributed by atoms with van der Waals surface area (Å²) < 4.78 is 1.14. The molecule has 0 aliphatic rings. The maximum Gasteiger partial charge on any atom is 0.273 e. The molecule has 0 bridgehead atoms. The molecular formula is C11H8N6O2. The highest BCUT2D eigenvalue weighted by atomic mass is 16.3. The average molecular weight is 256 g/mol. The van der Waals surface area contributed by atoms with Gasteiger partial charge >= 0.3 is 0 Å². The molecule has 0 fully saturated rings. The molecule has 0 spiro atoms. The van der Waals surface area contributed by atoms with Crippen molar-refractivity contribution in [2.45, 2.75) is 0 Å². The lowest BCUT2D eigenvalue weighted by atomic mass is 10.3. The summed E-state index contributed by atoms with van der Waals surface area (Å²) in [6.45, 7) is 0. The van der Waals surface area contributed by atoms with Crippen molar-refractivity contribution in [2.24, 2.45) is 5.18 Å². The second-order valence-corrected chi connectivity index (χ2v) is 3.88. The molecule has 1 aromatic carbocycles. The number of aromatic amines is 1. The number of benzene rings is 1. The third kappa shape index (κ3) is 1.75. The molecule has 3 aromatic rings. The van der Waals surface area contributed by atoms with Crippen LogP contribution in [0.2, 0.25) is 0 Å². The summed E-state index contributed by atoms with van der Waals surface area (Å²) in [5.41, 5.74) is 6.78. The van der Waals surface area contributed by atoms with Gasteiger partial charge in [0.2, 0.25) is 0 Å². The highest BCUT2D eigenvalue weighted by molar-refractivity contribution is 5.83. The number of nitrogens with one attached hydrogen (secondary N) is 1. The van der Waals surface area contributed by atoms with Crippen LogP contribution in [-0.2, 0) is 0 Å². The Kier molecular flexibility index (Phi) is 2.34. The summed E-state index contributed by atoms with van der Waals surface area (Å²) in [7, 11) is 0. The number of rotatable bonds is 2. The largest absolute Gasteiger partial charge is 0.380 e. The van der Waals surface area contributed by atoms with E-state index in [1.54, 1.807) is 12.1 Å². The van der Waals surface area contributed by atoms with Gasteiger partial charge in [0.05, 0.1) is 11.2 Å². The van der Waals surface area contributed by atoms with Crippen molar-refractivity contribution in [3.63, 3.8) is 0 Å². The molecule has 0 aliphatic heterocycles. The zero-order valence-corrected chi connectivity index (χ0v) is 9.57. The van der Waals surface area contributed by atoms with E-state index in [0.29, 0.717) is 16.7 Å². The topological polar surface area (TPSA) is 119 Å². The van der Waals surface area contributed by atoms with E-state index in [0.717, 1.165) is 4.68 Å². The third-order valence-electron chi connectivity index (χ3n) is 2.65. The molecule has 0 radical (unpaired) electrons. The van der Waals surface area contributed by atoms with E-state index in [1.165, 1.54) is 18.2 Å².